The van der Waals surface area contributed by atoms with Crippen LogP contribution in [0, 0.1) is 0 Å². The van der Waals surface area contributed by atoms with Gasteiger partial charge in [-0.05, 0) is 19.8 Å². The monoisotopic (exact) mass is 186 g/mol. The van der Waals surface area contributed by atoms with Gasteiger partial charge in [-0.3, -0.25) is 0 Å². The molecule has 74 valence electrons. The van der Waals surface area contributed by atoms with Crippen molar-refractivity contribution in [2.75, 3.05) is 13.2 Å². The van der Waals surface area contributed by atoms with Crippen molar-refractivity contribution in [3.8, 4) is 0 Å². The Morgan fingerprint density at radius 3 is 2.42 bits per heavy atom. The Morgan fingerprint density at radius 1 is 1.42 bits per heavy atom. The maximum atomic E-state index is 11.5. The molecule has 0 aromatic heterocycles. The second-order valence-corrected chi connectivity index (χ2v) is 2.66. The van der Waals surface area contributed by atoms with Crippen molar-refractivity contribution in [2.24, 2.45) is 0 Å². The molecule has 12 heavy (non-hydrogen) atoms. The van der Waals surface area contributed by atoms with Crippen molar-refractivity contribution in [3.63, 3.8) is 0 Å². The van der Waals surface area contributed by atoms with Crippen molar-refractivity contribution in [1.82, 2.24) is 0 Å². The summed E-state index contributed by atoms with van der Waals surface area (Å²) in [5.74, 6) is 0. The van der Waals surface area contributed by atoms with E-state index in [2.05, 4.69) is 4.74 Å². The molecule has 0 saturated carbocycles. The van der Waals surface area contributed by atoms with Gasteiger partial charge < -0.3 is 9.84 Å². The maximum absolute atomic E-state index is 11.5. The van der Waals surface area contributed by atoms with Crippen molar-refractivity contribution < 1.29 is 23.0 Å². The second kappa shape index (κ2) is 5.37. The van der Waals surface area contributed by atoms with Crippen LogP contribution in [-0.2, 0) is 4.74 Å². The van der Waals surface area contributed by atoms with Crippen LogP contribution in [0.4, 0.5) is 13.2 Å². The molecule has 0 radical (unpaired) electrons. The van der Waals surface area contributed by atoms with Crippen LogP contribution in [0.2, 0.25) is 0 Å². The van der Waals surface area contributed by atoms with Gasteiger partial charge in [-0.25, -0.2) is 0 Å². The van der Waals surface area contributed by atoms with Crippen LogP contribution in [0.1, 0.15) is 19.8 Å². The highest BCUT2D eigenvalue weighted by molar-refractivity contribution is 4.48. The first-order valence-corrected chi connectivity index (χ1v) is 3.74. The Balaban J connectivity index is 3.12. The van der Waals surface area contributed by atoms with Gasteiger partial charge in [0.2, 0.25) is 0 Å². The fourth-order valence-electron chi connectivity index (χ4n) is 0.669. The van der Waals surface area contributed by atoms with Crippen LogP contribution < -0.4 is 0 Å². The standard InChI is InChI=1S/C7H13F3O2/c1-6(11)3-2-4-12-5-7(8,9)10/h6,11H,2-5H2,1H3. The lowest BCUT2D eigenvalue weighted by atomic mass is 10.2. The molecule has 0 aliphatic heterocycles. The SMILES string of the molecule is CC(O)CCCOCC(F)(F)F. The molecule has 0 aliphatic carbocycles. The Labute approximate surface area is 69.3 Å². The lowest BCUT2D eigenvalue weighted by Crippen LogP contribution is -2.17. The summed E-state index contributed by atoms with van der Waals surface area (Å²) in [5.41, 5.74) is 0. The van der Waals surface area contributed by atoms with E-state index in [0.29, 0.717) is 12.8 Å². The molecule has 0 saturated heterocycles. The van der Waals surface area contributed by atoms with Crippen LogP contribution in [-0.4, -0.2) is 30.6 Å². The molecule has 0 bridgehead atoms. The van der Waals surface area contributed by atoms with Gasteiger partial charge in [-0.1, -0.05) is 0 Å². The summed E-state index contributed by atoms with van der Waals surface area (Å²) in [6.07, 6.45) is -3.80. The van der Waals surface area contributed by atoms with Gasteiger partial charge in [0.05, 0.1) is 6.10 Å². The van der Waals surface area contributed by atoms with Gasteiger partial charge in [-0.15, -0.1) is 0 Å². The van der Waals surface area contributed by atoms with E-state index in [0.717, 1.165) is 0 Å². The van der Waals surface area contributed by atoms with Gasteiger partial charge >= 0.3 is 6.18 Å². The first-order valence-electron chi connectivity index (χ1n) is 3.74. The van der Waals surface area contributed by atoms with Gasteiger partial charge in [0.1, 0.15) is 6.61 Å². The minimum absolute atomic E-state index is 0.0460. The third-order valence-electron chi connectivity index (χ3n) is 1.18. The lowest BCUT2D eigenvalue weighted by Gasteiger charge is -2.07. The topological polar surface area (TPSA) is 29.5 Å². The fourth-order valence-corrected chi connectivity index (χ4v) is 0.669. The molecule has 0 aromatic carbocycles. The molecular weight excluding hydrogens is 173 g/mol. The van der Waals surface area contributed by atoms with E-state index in [1.54, 1.807) is 6.92 Å². The maximum Gasteiger partial charge on any atom is 0.411 e. The van der Waals surface area contributed by atoms with E-state index in [1.807, 2.05) is 0 Å². The molecule has 0 spiro atoms. The van der Waals surface area contributed by atoms with Crippen molar-refractivity contribution in [1.29, 1.82) is 0 Å². The van der Waals surface area contributed by atoms with Crippen LogP contribution >= 0.6 is 0 Å². The number of hydrogen-bond donors (Lipinski definition) is 1. The van der Waals surface area contributed by atoms with Crippen LogP contribution in [0.25, 0.3) is 0 Å². The third kappa shape index (κ3) is 9.71. The molecule has 1 atom stereocenters. The van der Waals surface area contributed by atoms with Crippen molar-refractivity contribution >= 4 is 0 Å². The zero-order chi connectivity index (χ0) is 9.61. The lowest BCUT2D eigenvalue weighted by molar-refractivity contribution is -0.174. The van der Waals surface area contributed by atoms with E-state index in [-0.39, 0.29) is 6.61 Å². The Morgan fingerprint density at radius 2 is 2.00 bits per heavy atom. The zero-order valence-corrected chi connectivity index (χ0v) is 6.90. The molecular formula is C7H13F3O2. The summed E-state index contributed by atoms with van der Waals surface area (Å²) in [6, 6.07) is 0. The molecule has 0 amide bonds. The Hall–Kier alpha value is -0.290. The predicted molar refractivity (Wildman–Crippen MR) is 37.8 cm³/mol. The number of hydrogen-bond acceptors (Lipinski definition) is 2. The highest BCUT2D eigenvalue weighted by Gasteiger charge is 2.27. The number of aliphatic hydroxyl groups is 1. The summed E-state index contributed by atoms with van der Waals surface area (Å²) in [6.45, 7) is 0.432. The average molecular weight is 186 g/mol. The van der Waals surface area contributed by atoms with E-state index >= 15 is 0 Å². The zero-order valence-electron chi connectivity index (χ0n) is 6.90. The molecule has 1 N–H and O–H groups in total. The van der Waals surface area contributed by atoms with Crippen LogP contribution in [0.15, 0.2) is 0 Å². The molecule has 5 heteroatoms. The number of ether oxygens (including phenoxy) is 1. The van der Waals surface area contributed by atoms with Gasteiger partial charge in [-0.2, -0.15) is 13.2 Å². The minimum Gasteiger partial charge on any atom is -0.393 e. The first-order chi connectivity index (χ1) is 5.42. The quantitative estimate of drug-likeness (QED) is 0.662. The Bertz CT molecular complexity index is 112. The molecule has 0 aromatic rings. The van der Waals surface area contributed by atoms with Gasteiger partial charge in [0, 0.05) is 6.61 Å². The van der Waals surface area contributed by atoms with E-state index < -0.39 is 18.9 Å². The summed E-state index contributed by atoms with van der Waals surface area (Å²) < 4.78 is 38.7. The molecule has 0 heterocycles. The predicted octanol–water partition coefficient (Wildman–Crippen LogP) is 1.73. The van der Waals surface area contributed by atoms with Crippen LogP contribution in [0.3, 0.4) is 0 Å². The second-order valence-electron chi connectivity index (χ2n) is 2.66. The van der Waals surface area contributed by atoms with E-state index in [4.69, 9.17) is 5.11 Å². The summed E-state index contributed by atoms with van der Waals surface area (Å²) in [5, 5.41) is 8.73. The first kappa shape index (κ1) is 11.7. The molecule has 2 nitrogen and oxygen atoms in total. The molecule has 0 fully saturated rings. The van der Waals surface area contributed by atoms with Gasteiger partial charge in [0.15, 0.2) is 0 Å². The average Bonchev–Trinajstić information content (AvgIpc) is 1.83. The highest BCUT2D eigenvalue weighted by atomic mass is 19.4. The van der Waals surface area contributed by atoms with Gasteiger partial charge in [0.25, 0.3) is 0 Å². The number of rotatable bonds is 5. The summed E-state index contributed by atoms with van der Waals surface area (Å²) in [4.78, 5) is 0. The third-order valence-corrected chi connectivity index (χ3v) is 1.18. The molecule has 0 aliphatic rings. The normalized spacial score (nSPS) is 14.8. The smallest absolute Gasteiger partial charge is 0.393 e. The molecule has 0 rings (SSSR count). The summed E-state index contributed by atoms with van der Waals surface area (Å²) >= 11 is 0. The van der Waals surface area contributed by atoms with E-state index in [9.17, 15) is 13.2 Å². The summed E-state index contributed by atoms with van der Waals surface area (Å²) in [7, 11) is 0. The van der Waals surface area contributed by atoms with E-state index in [1.165, 1.54) is 0 Å². The minimum atomic E-state index is -4.25. The van der Waals surface area contributed by atoms with Crippen LogP contribution in [0.5, 0.6) is 0 Å². The fraction of sp³-hybridized carbons (Fsp3) is 1.00. The number of halogens is 3. The number of aliphatic hydroxyl groups excluding tert-OH is 1. The van der Waals surface area contributed by atoms with Crippen molar-refractivity contribution in [3.05, 3.63) is 0 Å². The highest BCUT2D eigenvalue weighted by Crippen LogP contribution is 2.14. The molecule has 1 unspecified atom stereocenters. The Kier molecular flexibility index (Phi) is 5.24. The number of alkyl halides is 3. The van der Waals surface area contributed by atoms with Crippen molar-refractivity contribution in [2.45, 2.75) is 32.0 Å². The largest absolute Gasteiger partial charge is 0.411 e.